The van der Waals surface area contributed by atoms with Crippen molar-refractivity contribution in [3.05, 3.63) is 0 Å². The fourth-order valence-corrected chi connectivity index (χ4v) is 9.12. The van der Waals surface area contributed by atoms with Crippen molar-refractivity contribution in [2.75, 3.05) is 16.0 Å². The van der Waals surface area contributed by atoms with E-state index in [1.807, 2.05) is 41.5 Å². The molecule has 0 aromatic heterocycles. The highest BCUT2D eigenvalue weighted by Gasteiger charge is 2.55. The first-order chi connectivity index (χ1) is 13.1. The molecule has 0 radical (unpaired) electrons. The van der Waals surface area contributed by atoms with Crippen LogP contribution in [0.4, 0.5) is 0 Å². The van der Waals surface area contributed by atoms with Gasteiger partial charge in [-0.2, -0.15) is 4.89 Å². The van der Waals surface area contributed by atoms with Gasteiger partial charge in [0, 0.05) is 32.2 Å². The Morgan fingerprint density at radius 3 is 1.13 bits per heavy atom. The van der Waals surface area contributed by atoms with Gasteiger partial charge in [0.1, 0.15) is 0 Å². The average molecular weight is 1030 g/mol. The molecule has 0 amide bonds. The molecular formula is C15H24Br9O5P. The van der Waals surface area contributed by atoms with Gasteiger partial charge in [0.05, 0.1) is 0 Å². The lowest BCUT2D eigenvalue weighted by molar-refractivity contribution is -0.265. The Hall–Kier alpha value is 4.39. The van der Waals surface area contributed by atoms with Gasteiger partial charge in [0.25, 0.3) is 0 Å². The second-order valence-electron chi connectivity index (χ2n) is 8.39. The molecule has 0 aliphatic heterocycles. The third-order valence-corrected chi connectivity index (χ3v) is 17.9. The molecule has 15 heteroatoms. The standard InChI is InChI=1S/C15H24Br9O5P/c1-10(2,7-16)13(19,20)26-29-30(25,27-14(21,22)11(3,4)8-17)28-15(23,24)12(5,6)9-18/h7-9H2,1-6H3. The summed E-state index contributed by atoms with van der Waals surface area (Å²) < 4.78 is 27.2. The average Bonchev–Trinajstić information content (AvgIpc) is 2.58. The van der Waals surface area contributed by atoms with Crippen molar-refractivity contribution in [2.45, 2.75) is 51.8 Å². The second kappa shape index (κ2) is 12.3. The van der Waals surface area contributed by atoms with Crippen molar-refractivity contribution >= 4 is 151 Å². The van der Waals surface area contributed by atoms with Gasteiger partial charge in [-0.3, -0.25) is 9.05 Å². The van der Waals surface area contributed by atoms with Gasteiger partial charge >= 0.3 is 7.82 Å². The molecule has 0 aromatic carbocycles. The van der Waals surface area contributed by atoms with Crippen molar-refractivity contribution in [3.8, 4) is 0 Å². The fraction of sp³-hybridized carbons (Fsp3) is 1.00. The van der Waals surface area contributed by atoms with Gasteiger partial charge in [-0.15, -0.1) is 4.67 Å². The van der Waals surface area contributed by atoms with Crippen LogP contribution in [0, 0.1) is 16.2 Å². The second-order valence-corrected chi connectivity index (χ2v) is 21.4. The molecule has 182 valence electrons. The molecule has 0 aromatic rings. The number of alkyl halides is 9. The molecule has 0 aliphatic carbocycles. The smallest absolute Gasteiger partial charge is 0.255 e. The van der Waals surface area contributed by atoms with E-state index in [0.717, 1.165) is 0 Å². The SMILES string of the molecule is CC(C)(CBr)C(Br)(Br)OOP(=O)(OC(Br)(Br)C(C)(C)CBr)OC(Br)(Br)C(C)(C)CBr. The Morgan fingerprint density at radius 2 is 0.867 bits per heavy atom. The molecule has 5 nitrogen and oxygen atoms in total. The molecule has 0 atom stereocenters. The summed E-state index contributed by atoms with van der Waals surface area (Å²) in [6, 6.07) is 0. The van der Waals surface area contributed by atoms with E-state index in [4.69, 9.17) is 18.6 Å². The van der Waals surface area contributed by atoms with Gasteiger partial charge in [-0.1, -0.05) is 89.3 Å². The van der Waals surface area contributed by atoms with Gasteiger partial charge in [-0.25, -0.2) is 4.57 Å². The molecule has 0 saturated heterocycles. The maximum absolute atomic E-state index is 13.8. The minimum absolute atomic E-state index is 0.509. The number of phosphoric acid groups is 1. The number of hydrogen-bond donors (Lipinski definition) is 0. The lowest BCUT2D eigenvalue weighted by atomic mass is 9.98. The molecule has 0 N–H and O–H groups in total. The summed E-state index contributed by atoms with van der Waals surface area (Å²) in [5.74, 6) is 0. The Morgan fingerprint density at radius 1 is 0.600 bits per heavy atom. The van der Waals surface area contributed by atoms with Gasteiger partial charge in [-0.05, 0) is 95.6 Å². The molecule has 0 aliphatic rings. The zero-order chi connectivity index (χ0) is 24.4. The van der Waals surface area contributed by atoms with E-state index in [9.17, 15) is 4.57 Å². The van der Waals surface area contributed by atoms with Crippen LogP contribution < -0.4 is 0 Å². The molecular weight excluding hydrogens is 1010 g/mol. The minimum atomic E-state index is -4.38. The Kier molecular flexibility index (Phi) is 14.1. The Bertz CT molecular complexity index is 592. The van der Waals surface area contributed by atoms with E-state index in [0.29, 0.717) is 16.0 Å². The summed E-state index contributed by atoms with van der Waals surface area (Å²) in [5, 5.41) is 1.56. The van der Waals surface area contributed by atoms with Crippen LogP contribution in [0.15, 0.2) is 0 Å². The topological polar surface area (TPSA) is 54.0 Å². The van der Waals surface area contributed by atoms with Crippen molar-refractivity contribution < 1.29 is 23.2 Å². The van der Waals surface area contributed by atoms with E-state index in [1.165, 1.54) is 0 Å². The zero-order valence-corrected chi connectivity index (χ0v) is 32.2. The number of hydrogen-bond acceptors (Lipinski definition) is 5. The molecule has 0 unspecified atom stereocenters. The van der Waals surface area contributed by atoms with Crippen LogP contribution in [0.2, 0.25) is 0 Å². The van der Waals surface area contributed by atoms with Crippen LogP contribution >= 0.6 is 151 Å². The number of rotatable bonds is 13. The maximum atomic E-state index is 13.8. The largest absolute Gasteiger partial charge is 0.506 e. The molecule has 0 heterocycles. The highest BCUT2D eigenvalue weighted by molar-refractivity contribution is 9.26. The third kappa shape index (κ3) is 9.05. The highest BCUT2D eigenvalue weighted by Crippen LogP contribution is 2.66. The van der Waals surface area contributed by atoms with E-state index in [1.54, 1.807) is 0 Å². The Balaban J connectivity index is 6.09. The van der Waals surface area contributed by atoms with Crippen molar-refractivity contribution in [1.29, 1.82) is 0 Å². The maximum Gasteiger partial charge on any atom is 0.506 e. The lowest BCUT2D eigenvalue weighted by Crippen LogP contribution is -2.41. The molecule has 0 spiro atoms. The summed E-state index contributed by atoms with van der Waals surface area (Å²) in [7, 11) is -4.38. The summed E-state index contributed by atoms with van der Waals surface area (Å²) in [4.78, 5) is 5.52. The monoisotopic (exact) mass is 1030 g/mol. The number of phosphoric ester groups is 1. The molecule has 30 heavy (non-hydrogen) atoms. The van der Waals surface area contributed by atoms with E-state index in [2.05, 4.69) is 143 Å². The van der Waals surface area contributed by atoms with E-state index < -0.39 is 34.3 Å². The van der Waals surface area contributed by atoms with Crippen molar-refractivity contribution in [3.63, 3.8) is 0 Å². The summed E-state index contributed by atoms with van der Waals surface area (Å²) in [6.45, 7) is 11.4. The molecule has 0 fully saturated rings. The lowest BCUT2D eigenvalue weighted by Gasteiger charge is -2.42. The minimum Gasteiger partial charge on any atom is -0.255 e. The van der Waals surface area contributed by atoms with Crippen LogP contribution in [0.5, 0.6) is 0 Å². The first-order valence-electron chi connectivity index (χ1n) is 8.26. The quantitative estimate of drug-likeness (QED) is 0.0796. The third-order valence-electron chi connectivity index (χ3n) is 4.05. The Labute approximate surface area is 255 Å². The number of halogens is 9. The zero-order valence-electron chi connectivity index (χ0n) is 17.0. The summed E-state index contributed by atoms with van der Waals surface area (Å²) in [5.41, 5.74) is -1.66. The predicted octanol–water partition coefficient (Wildman–Crippen LogP) is 10.7. The van der Waals surface area contributed by atoms with Crippen molar-refractivity contribution in [1.82, 2.24) is 0 Å². The van der Waals surface area contributed by atoms with Gasteiger partial charge in [0.2, 0.25) is 3.42 Å². The highest BCUT2D eigenvalue weighted by atomic mass is 79.9. The van der Waals surface area contributed by atoms with E-state index >= 15 is 0 Å². The van der Waals surface area contributed by atoms with Gasteiger partial charge < -0.3 is 0 Å². The predicted molar refractivity (Wildman–Crippen MR) is 156 cm³/mol. The van der Waals surface area contributed by atoms with E-state index in [-0.39, 0.29) is 0 Å². The normalized spacial score (nSPS) is 15.6. The first kappa shape index (κ1) is 34.4. The first-order valence-corrected chi connectivity index (χ1v) is 17.8. The van der Waals surface area contributed by atoms with Crippen LogP contribution in [0.25, 0.3) is 0 Å². The van der Waals surface area contributed by atoms with Crippen LogP contribution in [-0.2, 0) is 23.2 Å². The molecule has 0 rings (SSSR count). The fourth-order valence-electron chi connectivity index (χ4n) is 1.02. The summed E-state index contributed by atoms with van der Waals surface area (Å²) in [6.07, 6.45) is 0. The summed E-state index contributed by atoms with van der Waals surface area (Å²) >= 11 is 31.0. The van der Waals surface area contributed by atoms with Crippen molar-refractivity contribution in [2.24, 2.45) is 16.2 Å². The molecule has 0 saturated carbocycles. The van der Waals surface area contributed by atoms with Crippen LogP contribution in [-0.4, -0.2) is 26.2 Å². The van der Waals surface area contributed by atoms with Crippen LogP contribution in [0.3, 0.4) is 0 Å². The van der Waals surface area contributed by atoms with Crippen LogP contribution in [0.1, 0.15) is 41.5 Å². The van der Waals surface area contributed by atoms with Gasteiger partial charge in [0.15, 0.2) is 6.84 Å². The molecule has 0 bridgehead atoms.